The SMILES string of the molecule is CC[C@H](NC(=O)Nc1cc(F)cc(Cl)c1)C(=O)O. The Morgan fingerprint density at radius 1 is 1.44 bits per heavy atom. The Morgan fingerprint density at radius 2 is 2.11 bits per heavy atom. The summed E-state index contributed by atoms with van der Waals surface area (Å²) in [4.78, 5) is 22.2. The maximum atomic E-state index is 13.0. The van der Waals surface area contributed by atoms with Crippen molar-refractivity contribution in [2.75, 3.05) is 5.32 Å². The molecule has 0 fully saturated rings. The van der Waals surface area contributed by atoms with Gasteiger partial charge < -0.3 is 15.7 Å². The molecule has 0 aliphatic rings. The average molecular weight is 275 g/mol. The third kappa shape index (κ3) is 4.21. The van der Waals surface area contributed by atoms with Crippen molar-refractivity contribution in [2.45, 2.75) is 19.4 Å². The number of carboxylic acid groups (broad SMARTS) is 1. The second kappa shape index (κ2) is 6.20. The van der Waals surface area contributed by atoms with Crippen LogP contribution in [0.5, 0.6) is 0 Å². The van der Waals surface area contributed by atoms with Crippen LogP contribution in [0.25, 0.3) is 0 Å². The topological polar surface area (TPSA) is 78.4 Å². The lowest BCUT2D eigenvalue weighted by molar-refractivity contribution is -0.139. The fourth-order valence-electron chi connectivity index (χ4n) is 1.29. The summed E-state index contributed by atoms with van der Waals surface area (Å²) in [6, 6.07) is 1.80. The zero-order chi connectivity index (χ0) is 13.7. The number of halogens is 2. The third-order valence-electron chi connectivity index (χ3n) is 2.13. The lowest BCUT2D eigenvalue weighted by Crippen LogP contribution is -2.42. The molecule has 1 aromatic carbocycles. The van der Waals surface area contributed by atoms with Gasteiger partial charge in [-0.05, 0) is 24.6 Å². The maximum absolute atomic E-state index is 13.0. The summed E-state index contributed by atoms with van der Waals surface area (Å²) in [5, 5.41) is 13.4. The highest BCUT2D eigenvalue weighted by atomic mass is 35.5. The van der Waals surface area contributed by atoms with E-state index in [1.54, 1.807) is 6.92 Å². The molecule has 0 radical (unpaired) electrons. The van der Waals surface area contributed by atoms with Crippen molar-refractivity contribution in [1.82, 2.24) is 5.32 Å². The van der Waals surface area contributed by atoms with Gasteiger partial charge in [-0.3, -0.25) is 0 Å². The monoisotopic (exact) mass is 274 g/mol. The molecule has 7 heteroatoms. The molecule has 3 N–H and O–H groups in total. The van der Waals surface area contributed by atoms with Crippen LogP contribution >= 0.6 is 11.6 Å². The fourth-order valence-corrected chi connectivity index (χ4v) is 1.51. The summed E-state index contributed by atoms with van der Waals surface area (Å²) in [6.45, 7) is 1.62. The van der Waals surface area contributed by atoms with Crippen LogP contribution in [0.3, 0.4) is 0 Å². The Hall–Kier alpha value is -1.82. The van der Waals surface area contributed by atoms with Crippen molar-refractivity contribution in [3.8, 4) is 0 Å². The van der Waals surface area contributed by atoms with Crippen molar-refractivity contribution in [3.63, 3.8) is 0 Å². The zero-order valence-corrected chi connectivity index (χ0v) is 10.3. The van der Waals surface area contributed by atoms with Gasteiger partial charge in [-0.15, -0.1) is 0 Å². The van der Waals surface area contributed by atoms with Crippen LogP contribution in [0.1, 0.15) is 13.3 Å². The molecule has 0 heterocycles. The molecule has 1 aromatic rings. The van der Waals surface area contributed by atoms with Crippen LogP contribution in [0, 0.1) is 5.82 Å². The van der Waals surface area contributed by atoms with Crippen LogP contribution in [-0.2, 0) is 4.79 Å². The number of amides is 2. The van der Waals surface area contributed by atoms with Crippen molar-refractivity contribution >= 4 is 29.3 Å². The van der Waals surface area contributed by atoms with E-state index in [1.807, 2.05) is 0 Å². The molecule has 0 unspecified atom stereocenters. The summed E-state index contributed by atoms with van der Waals surface area (Å²) in [5.41, 5.74) is 0.151. The normalized spacial score (nSPS) is 11.7. The molecular weight excluding hydrogens is 263 g/mol. The van der Waals surface area contributed by atoms with E-state index < -0.39 is 23.9 Å². The molecule has 0 aliphatic carbocycles. The van der Waals surface area contributed by atoms with Gasteiger partial charge in [-0.1, -0.05) is 18.5 Å². The van der Waals surface area contributed by atoms with Crippen LogP contribution < -0.4 is 10.6 Å². The lowest BCUT2D eigenvalue weighted by atomic mass is 10.2. The van der Waals surface area contributed by atoms with Gasteiger partial charge >= 0.3 is 12.0 Å². The molecule has 1 atom stereocenters. The molecule has 18 heavy (non-hydrogen) atoms. The zero-order valence-electron chi connectivity index (χ0n) is 9.54. The number of rotatable bonds is 4. The Labute approximate surface area is 108 Å². The van der Waals surface area contributed by atoms with Gasteiger partial charge in [0.05, 0.1) is 0 Å². The van der Waals surface area contributed by atoms with Crippen molar-refractivity contribution in [1.29, 1.82) is 0 Å². The van der Waals surface area contributed by atoms with E-state index in [4.69, 9.17) is 16.7 Å². The van der Waals surface area contributed by atoms with E-state index in [9.17, 15) is 14.0 Å². The number of carboxylic acids is 1. The van der Waals surface area contributed by atoms with E-state index >= 15 is 0 Å². The van der Waals surface area contributed by atoms with E-state index in [2.05, 4.69) is 10.6 Å². The Balaban J connectivity index is 2.67. The van der Waals surface area contributed by atoms with Crippen molar-refractivity contribution in [2.24, 2.45) is 0 Å². The number of carbonyl (C=O) groups excluding carboxylic acids is 1. The largest absolute Gasteiger partial charge is 0.480 e. The fraction of sp³-hybridized carbons (Fsp3) is 0.273. The predicted octanol–water partition coefficient (Wildman–Crippen LogP) is 2.46. The first kappa shape index (κ1) is 14.2. The summed E-state index contributed by atoms with van der Waals surface area (Å²) >= 11 is 5.61. The first-order chi connectivity index (χ1) is 8.42. The van der Waals surface area contributed by atoms with E-state index in [1.165, 1.54) is 6.07 Å². The summed E-state index contributed by atoms with van der Waals surface area (Å²) < 4.78 is 13.0. The number of hydrogen-bond donors (Lipinski definition) is 3. The quantitative estimate of drug-likeness (QED) is 0.789. The third-order valence-corrected chi connectivity index (χ3v) is 2.35. The number of benzene rings is 1. The Kier molecular flexibility index (Phi) is 4.91. The molecule has 2 amide bonds. The molecule has 0 spiro atoms. The first-order valence-corrected chi connectivity index (χ1v) is 5.56. The van der Waals surface area contributed by atoms with E-state index in [0.29, 0.717) is 0 Å². The minimum absolute atomic E-state index is 0.135. The van der Waals surface area contributed by atoms with Crippen LogP contribution in [-0.4, -0.2) is 23.1 Å². The predicted molar refractivity (Wildman–Crippen MR) is 65.3 cm³/mol. The first-order valence-electron chi connectivity index (χ1n) is 5.18. The highest BCUT2D eigenvalue weighted by molar-refractivity contribution is 6.30. The summed E-state index contributed by atoms with van der Waals surface area (Å²) in [7, 11) is 0. The van der Waals surface area contributed by atoms with Gasteiger partial charge in [0.25, 0.3) is 0 Å². The molecular formula is C11H12ClFN2O3. The minimum Gasteiger partial charge on any atom is -0.480 e. The van der Waals surface area contributed by atoms with Crippen LogP contribution in [0.2, 0.25) is 5.02 Å². The maximum Gasteiger partial charge on any atom is 0.326 e. The van der Waals surface area contributed by atoms with Gasteiger partial charge in [0, 0.05) is 10.7 Å². The van der Waals surface area contributed by atoms with Gasteiger partial charge in [-0.2, -0.15) is 0 Å². The standard InChI is InChI=1S/C11H12ClFN2O3/c1-2-9(10(16)17)15-11(18)14-8-4-6(12)3-7(13)5-8/h3-5,9H,2H2,1H3,(H,16,17)(H2,14,15,18)/t9-/m0/s1. The molecule has 0 aliphatic heterocycles. The van der Waals surface area contributed by atoms with Crippen molar-refractivity contribution in [3.05, 3.63) is 29.0 Å². The summed E-state index contributed by atoms with van der Waals surface area (Å²) in [6.07, 6.45) is 0.243. The Morgan fingerprint density at radius 3 is 2.61 bits per heavy atom. The lowest BCUT2D eigenvalue weighted by Gasteiger charge is -2.13. The highest BCUT2D eigenvalue weighted by Gasteiger charge is 2.17. The number of hydrogen-bond acceptors (Lipinski definition) is 2. The number of carbonyl (C=O) groups is 2. The highest BCUT2D eigenvalue weighted by Crippen LogP contribution is 2.17. The number of urea groups is 1. The molecule has 0 bridgehead atoms. The van der Waals surface area contributed by atoms with Gasteiger partial charge in [0.1, 0.15) is 11.9 Å². The Bertz CT molecular complexity index is 447. The number of anilines is 1. The molecule has 5 nitrogen and oxygen atoms in total. The second-order valence-electron chi connectivity index (χ2n) is 3.56. The molecule has 0 aromatic heterocycles. The van der Waals surface area contributed by atoms with Crippen molar-refractivity contribution < 1.29 is 19.1 Å². The summed E-state index contributed by atoms with van der Waals surface area (Å²) in [5.74, 6) is -1.73. The molecule has 0 saturated carbocycles. The van der Waals surface area contributed by atoms with Gasteiger partial charge in [0.2, 0.25) is 0 Å². The van der Waals surface area contributed by atoms with Gasteiger partial charge in [-0.25, -0.2) is 14.0 Å². The smallest absolute Gasteiger partial charge is 0.326 e. The van der Waals surface area contributed by atoms with E-state index in [-0.39, 0.29) is 17.1 Å². The molecule has 98 valence electrons. The van der Waals surface area contributed by atoms with Crippen LogP contribution in [0.15, 0.2) is 18.2 Å². The number of nitrogens with one attached hydrogen (secondary N) is 2. The second-order valence-corrected chi connectivity index (χ2v) is 3.99. The van der Waals surface area contributed by atoms with Gasteiger partial charge in [0.15, 0.2) is 0 Å². The molecule has 0 saturated heterocycles. The average Bonchev–Trinajstić information content (AvgIpc) is 2.23. The van der Waals surface area contributed by atoms with E-state index in [0.717, 1.165) is 12.1 Å². The number of aliphatic carboxylic acids is 1. The molecule has 1 rings (SSSR count). The minimum atomic E-state index is -1.13. The van der Waals surface area contributed by atoms with Crippen LogP contribution in [0.4, 0.5) is 14.9 Å².